The summed E-state index contributed by atoms with van der Waals surface area (Å²) in [5.41, 5.74) is 1.49. The summed E-state index contributed by atoms with van der Waals surface area (Å²) in [6.07, 6.45) is 2.46. The molecule has 0 unspecified atom stereocenters. The Morgan fingerprint density at radius 3 is 2.69 bits per heavy atom. The monoisotopic (exact) mass is 220 g/mol. The molecule has 1 saturated carbocycles. The van der Waals surface area contributed by atoms with Crippen molar-refractivity contribution in [2.75, 3.05) is 19.4 Å². The maximum atomic E-state index is 11.7. The molecule has 4 nitrogen and oxygen atoms in total. The molecule has 86 valence electrons. The summed E-state index contributed by atoms with van der Waals surface area (Å²) in [6, 6.07) is 5.55. The number of rotatable bonds is 4. The molecule has 0 saturated heterocycles. The van der Waals surface area contributed by atoms with Crippen molar-refractivity contribution >= 4 is 11.6 Å². The molecule has 16 heavy (non-hydrogen) atoms. The Kier molecular flexibility index (Phi) is 2.99. The molecule has 0 spiro atoms. The van der Waals surface area contributed by atoms with Gasteiger partial charge in [-0.1, -0.05) is 0 Å². The van der Waals surface area contributed by atoms with Gasteiger partial charge in [-0.15, -0.1) is 0 Å². The first-order valence-corrected chi connectivity index (χ1v) is 5.45. The van der Waals surface area contributed by atoms with Crippen LogP contribution < -0.4 is 15.4 Å². The molecular weight excluding hydrogens is 204 g/mol. The van der Waals surface area contributed by atoms with Crippen molar-refractivity contribution in [2.24, 2.45) is 0 Å². The normalized spacial score (nSPS) is 14.4. The first kappa shape index (κ1) is 10.8. The van der Waals surface area contributed by atoms with E-state index in [9.17, 15) is 4.79 Å². The van der Waals surface area contributed by atoms with Gasteiger partial charge in [-0.2, -0.15) is 0 Å². The van der Waals surface area contributed by atoms with E-state index >= 15 is 0 Å². The van der Waals surface area contributed by atoms with Gasteiger partial charge in [0.05, 0.1) is 11.7 Å². The van der Waals surface area contributed by atoms with Crippen molar-refractivity contribution in [1.82, 2.24) is 5.32 Å². The molecule has 1 fully saturated rings. The Morgan fingerprint density at radius 1 is 1.38 bits per heavy atom. The summed E-state index contributed by atoms with van der Waals surface area (Å²) < 4.78 is 5.69. The summed E-state index contributed by atoms with van der Waals surface area (Å²) in [5.74, 6) is 0.550. The van der Waals surface area contributed by atoms with Gasteiger partial charge in [0.2, 0.25) is 0 Å². The van der Waals surface area contributed by atoms with E-state index in [2.05, 4.69) is 10.6 Å². The quantitative estimate of drug-likeness (QED) is 0.810. The zero-order valence-corrected chi connectivity index (χ0v) is 9.54. The van der Waals surface area contributed by atoms with Gasteiger partial charge in [-0.05, 0) is 31.0 Å². The molecule has 2 N–H and O–H groups in total. The third kappa shape index (κ3) is 2.27. The van der Waals surface area contributed by atoms with Crippen LogP contribution in [-0.2, 0) is 0 Å². The molecule has 2 rings (SSSR count). The fourth-order valence-corrected chi connectivity index (χ4v) is 1.47. The third-order valence-electron chi connectivity index (χ3n) is 2.56. The van der Waals surface area contributed by atoms with Gasteiger partial charge in [0.15, 0.2) is 0 Å². The van der Waals surface area contributed by atoms with Crippen molar-refractivity contribution in [2.45, 2.75) is 18.9 Å². The molecular formula is C12H16N2O2. The highest BCUT2D eigenvalue weighted by molar-refractivity contribution is 5.97. The molecule has 1 aromatic rings. The molecule has 0 atom stereocenters. The lowest BCUT2D eigenvalue weighted by Crippen LogP contribution is -2.19. The minimum atomic E-state index is -0.118. The van der Waals surface area contributed by atoms with Crippen LogP contribution in [-0.4, -0.2) is 26.1 Å². The van der Waals surface area contributed by atoms with Crippen molar-refractivity contribution in [1.29, 1.82) is 0 Å². The van der Waals surface area contributed by atoms with E-state index in [4.69, 9.17) is 4.74 Å². The summed E-state index contributed by atoms with van der Waals surface area (Å²) >= 11 is 0. The Bertz CT molecular complexity index is 400. The van der Waals surface area contributed by atoms with Gasteiger partial charge in [-0.3, -0.25) is 4.79 Å². The van der Waals surface area contributed by atoms with Crippen molar-refractivity contribution in [3.05, 3.63) is 23.8 Å². The molecule has 1 aliphatic carbocycles. The average molecular weight is 220 g/mol. The van der Waals surface area contributed by atoms with Crippen LogP contribution in [0.15, 0.2) is 18.2 Å². The number of carbonyl (C=O) groups excluding carboxylic acids is 1. The van der Waals surface area contributed by atoms with E-state index < -0.39 is 0 Å². The fraction of sp³-hybridized carbons (Fsp3) is 0.417. The molecule has 1 aromatic carbocycles. The molecule has 0 radical (unpaired) electrons. The number of amides is 1. The molecule has 4 heteroatoms. The zero-order chi connectivity index (χ0) is 11.5. The van der Waals surface area contributed by atoms with E-state index in [0.717, 1.165) is 18.5 Å². The van der Waals surface area contributed by atoms with E-state index in [1.165, 1.54) is 0 Å². The van der Waals surface area contributed by atoms with Crippen LogP contribution in [0.5, 0.6) is 5.75 Å². The van der Waals surface area contributed by atoms with Crippen LogP contribution in [0.2, 0.25) is 0 Å². The van der Waals surface area contributed by atoms with Crippen molar-refractivity contribution in [3.63, 3.8) is 0 Å². The van der Waals surface area contributed by atoms with Gasteiger partial charge < -0.3 is 15.4 Å². The third-order valence-corrected chi connectivity index (χ3v) is 2.56. The van der Waals surface area contributed by atoms with Gasteiger partial charge in [-0.25, -0.2) is 0 Å². The SMILES string of the molecule is CNC(=O)c1cc(NC)ccc1OC1CC1. The fourth-order valence-electron chi connectivity index (χ4n) is 1.47. The van der Waals surface area contributed by atoms with Crippen LogP contribution in [0, 0.1) is 0 Å². The van der Waals surface area contributed by atoms with E-state index in [1.54, 1.807) is 13.1 Å². The first-order valence-electron chi connectivity index (χ1n) is 5.45. The lowest BCUT2D eigenvalue weighted by Gasteiger charge is -2.11. The maximum absolute atomic E-state index is 11.7. The molecule has 1 aliphatic rings. The highest BCUT2D eigenvalue weighted by Gasteiger charge is 2.25. The topological polar surface area (TPSA) is 50.4 Å². The number of nitrogens with one attached hydrogen (secondary N) is 2. The van der Waals surface area contributed by atoms with Crippen LogP contribution in [0.25, 0.3) is 0 Å². The minimum absolute atomic E-state index is 0.118. The zero-order valence-electron chi connectivity index (χ0n) is 9.54. The Hall–Kier alpha value is -1.71. The van der Waals surface area contributed by atoms with Crippen LogP contribution in [0.3, 0.4) is 0 Å². The Balaban J connectivity index is 2.29. The predicted molar refractivity (Wildman–Crippen MR) is 63.0 cm³/mol. The van der Waals surface area contributed by atoms with Gasteiger partial charge in [0.25, 0.3) is 5.91 Å². The number of hydrogen-bond acceptors (Lipinski definition) is 3. The van der Waals surface area contributed by atoms with E-state index in [-0.39, 0.29) is 5.91 Å². The highest BCUT2D eigenvalue weighted by Crippen LogP contribution is 2.30. The van der Waals surface area contributed by atoms with Crippen LogP contribution in [0.1, 0.15) is 23.2 Å². The minimum Gasteiger partial charge on any atom is -0.490 e. The smallest absolute Gasteiger partial charge is 0.254 e. The van der Waals surface area contributed by atoms with Crippen molar-refractivity contribution < 1.29 is 9.53 Å². The largest absolute Gasteiger partial charge is 0.490 e. The molecule has 0 heterocycles. The second-order valence-electron chi connectivity index (χ2n) is 3.86. The lowest BCUT2D eigenvalue weighted by atomic mass is 10.1. The molecule has 0 bridgehead atoms. The number of benzene rings is 1. The van der Waals surface area contributed by atoms with Crippen LogP contribution in [0.4, 0.5) is 5.69 Å². The Labute approximate surface area is 95.0 Å². The Morgan fingerprint density at radius 2 is 2.12 bits per heavy atom. The lowest BCUT2D eigenvalue weighted by molar-refractivity contribution is 0.0959. The van der Waals surface area contributed by atoms with Crippen molar-refractivity contribution in [3.8, 4) is 5.75 Å². The standard InChI is InChI=1S/C12H16N2O2/c1-13-8-3-6-11(16-9-4-5-9)10(7-8)12(15)14-2/h3,6-7,9,13H,4-5H2,1-2H3,(H,14,15). The van der Waals surface area contributed by atoms with E-state index in [0.29, 0.717) is 17.4 Å². The number of ether oxygens (including phenoxy) is 1. The second-order valence-corrected chi connectivity index (χ2v) is 3.86. The first-order chi connectivity index (χ1) is 7.74. The summed E-state index contributed by atoms with van der Waals surface area (Å²) in [4.78, 5) is 11.7. The molecule has 0 aromatic heterocycles. The van der Waals surface area contributed by atoms with Gasteiger partial charge in [0.1, 0.15) is 5.75 Å². The van der Waals surface area contributed by atoms with E-state index in [1.807, 2.05) is 19.2 Å². The molecule has 1 amide bonds. The predicted octanol–water partition coefficient (Wildman–Crippen LogP) is 1.63. The summed E-state index contributed by atoms with van der Waals surface area (Å²) in [5, 5.41) is 5.63. The summed E-state index contributed by atoms with van der Waals surface area (Å²) in [7, 11) is 3.44. The highest BCUT2D eigenvalue weighted by atomic mass is 16.5. The summed E-state index contributed by atoms with van der Waals surface area (Å²) in [6.45, 7) is 0. The average Bonchev–Trinajstić information content (AvgIpc) is 3.12. The van der Waals surface area contributed by atoms with Gasteiger partial charge in [0, 0.05) is 19.8 Å². The number of anilines is 1. The second kappa shape index (κ2) is 4.43. The number of carbonyl (C=O) groups is 1. The maximum Gasteiger partial charge on any atom is 0.254 e. The number of hydrogen-bond donors (Lipinski definition) is 2. The van der Waals surface area contributed by atoms with Gasteiger partial charge >= 0.3 is 0 Å². The molecule has 0 aliphatic heterocycles. The van der Waals surface area contributed by atoms with Crippen LogP contribution >= 0.6 is 0 Å².